The van der Waals surface area contributed by atoms with Gasteiger partial charge in [0.05, 0.1) is 0 Å². The summed E-state index contributed by atoms with van der Waals surface area (Å²) in [4.78, 5) is 17.1. The fourth-order valence-electron chi connectivity index (χ4n) is 3.25. The standard InChI is InChI=1S/C16H23N3O/c1-11-9-19(10-12(2)18(11)3)16(20)15-8-13-6-4-5-7-14(13)17-15/h4-7,11-12,15,17H,8-10H2,1-3H3. The number of rotatable bonds is 1. The maximum absolute atomic E-state index is 12.7. The van der Waals surface area contributed by atoms with Crippen LogP contribution in [0.2, 0.25) is 0 Å². The predicted octanol–water partition coefficient (Wildman–Crippen LogP) is 1.57. The van der Waals surface area contributed by atoms with Gasteiger partial charge in [0, 0.05) is 37.3 Å². The molecule has 0 saturated carbocycles. The molecule has 108 valence electrons. The van der Waals surface area contributed by atoms with Crippen LogP contribution in [0.25, 0.3) is 0 Å². The number of likely N-dealkylation sites (N-methyl/N-ethyl adjacent to an activating group) is 1. The lowest BCUT2D eigenvalue weighted by atomic mass is 10.1. The Balaban J connectivity index is 1.69. The molecular weight excluding hydrogens is 250 g/mol. The number of para-hydroxylation sites is 1. The first kappa shape index (κ1) is 13.4. The van der Waals surface area contributed by atoms with Gasteiger partial charge in [-0.3, -0.25) is 9.69 Å². The van der Waals surface area contributed by atoms with Gasteiger partial charge in [0.15, 0.2) is 0 Å². The first-order valence-corrected chi connectivity index (χ1v) is 7.41. The summed E-state index contributed by atoms with van der Waals surface area (Å²) in [5.74, 6) is 0.244. The molecule has 3 atom stereocenters. The summed E-state index contributed by atoms with van der Waals surface area (Å²) >= 11 is 0. The second kappa shape index (κ2) is 5.09. The normalized spacial score (nSPS) is 29.9. The first-order valence-electron chi connectivity index (χ1n) is 7.41. The molecule has 2 aliphatic rings. The highest BCUT2D eigenvalue weighted by Crippen LogP contribution is 2.26. The van der Waals surface area contributed by atoms with Gasteiger partial charge in [0.1, 0.15) is 6.04 Å². The van der Waals surface area contributed by atoms with Gasteiger partial charge in [0.25, 0.3) is 0 Å². The lowest BCUT2D eigenvalue weighted by Gasteiger charge is -2.43. The number of carbonyl (C=O) groups is 1. The van der Waals surface area contributed by atoms with Crippen LogP contribution in [0.1, 0.15) is 19.4 Å². The lowest BCUT2D eigenvalue weighted by Crippen LogP contribution is -2.58. The molecule has 0 radical (unpaired) electrons. The molecule has 3 rings (SSSR count). The van der Waals surface area contributed by atoms with E-state index < -0.39 is 0 Å². The number of benzene rings is 1. The Hall–Kier alpha value is -1.55. The van der Waals surface area contributed by atoms with Gasteiger partial charge in [-0.25, -0.2) is 0 Å². The maximum Gasteiger partial charge on any atom is 0.245 e. The van der Waals surface area contributed by atoms with Crippen molar-refractivity contribution in [3.63, 3.8) is 0 Å². The highest BCUT2D eigenvalue weighted by atomic mass is 16.2. The molecule has 1 saturated heterocycles. The van der Waals surface area contributed by atoms with Crippen molar-refractivity contribution in [2.45, 2.75) is 38.4 Å². The van der Waals surface area contributed by atoms with Gasteiger partial charge >= 0.3 is 0 Å². The number of fused-ring (bicyclic) bond motifs is 1. The second-order valence-corrected chi connectivity index (χ2v) is 6.16. The molecule has 1 amide bonds. The van der Waals surface area contributed by atoms with E-state index >= 15 is 0 Å². The van der Waals surface area contributed by atoms with Gasteiger partial charge in [0.2, 0.25) is 5.91 Å². The molecule has 1 aromatic carbocycles. The van der Waals surface area contributed by atoms with Gasteiger partial charge in [-0.05, 0) is 32.5 Å². The van der Waals surface area contributed by atoms with Crippen LogP contribution in [0.5, 0.6) is 0 Å². The maximum atomic E-state index is 12.7. The second-order valence-electron chi connectivity index (χ2n) is 6.16. The Morgan fingerprint density at radius 3 is 2.50 bits per heavy atom. The van der Waals surface area contributed by atoms with E-state index in [1.54, 1.807) is 0 Å². The topological polar surface area (TPSA) is 35.6 Å². The Morgan fingerprint density at radius 1 is 1.20 bits per heavy atom. The van der Waals surface area contributed by atoms with Crippen LogP contribution in [0.4, 0.5) is 5.69 Å². The summed E-state index contributed by atoms with van der Waals surface area (Å²) < 4.78 is 0. The molecular formula is C16H23N3O. The Bertz CT molecular complexity index is 479. The summed E-state index contributed by atoms with van der Waals surface area (Å²) in [6, 6.07) is 8.96. The van der Waals surface area contributed by atoms with Crippen molar-refractivity contribution < 1.29 is 4.79 Å². The van der Waals surface area contributed by atoms with Crippen LogP contribution in [0, 0.1) is 0 Å². The van der Waals surface area contributed by atoms with Crippen molar-refractivity contribution in [1.82, 2.24) is 9.80 Å². The van der Waals surface area contributed by atoms with Crippen LogP contribution < -0.4 is 5.32 Å². The van der Waals surface area contributed by atoms with Crippen molar-refractivity contribution in [3.8, 4) is 0 Å². The summed E-state index contributed by atoms with van der Waals surface area (Å²) in [7, 11) is 2.14. The van der Waals surface area contributed by atoms with Crippen molar-refractivity contribution in [3.05, 3.63) is 29.8 Å². The Morgan fingerprint density at radius 2 is 1.85 bits per heavy atom. The van der Waals surface area contributed by atoms with Crippen LogP contribution >= 0.6 is 0 Å². The average molecular weight is 273 g/mol. The number of nitrogens with zero attached hydrogens (tertiary/aromatic N) is 2. The van der Waals surface area contributed by atoms with Gasteiger partial charge in [-0.2, -0.15) is 0 Å². The number of hydrogen-bond acceptors (Lipinski definition) is 3. The Labute approximate surface area is 120 Å². The van der Waals surface area contributed by atoms with Crippen molar-refractivity contribution in [2.75, 3.05) is 25.5 Å². The minimum Gasteiger partial charge on any atom is -0.373 e. The van der Waals surface area contributed by atoms with Crippen LogP contribution in [0.15, 0.2) is 24.3 Å². The third-order valence-corrected chi connectivity index (χ3v) is 4.74. The molecule has 20 heavy (non-hydrogen) atoms. The molecule has 4 heteroatoms. The predicted molar refractivity (Wildman–Crippen MR) is 80.8 cm³/mol. The van der Waals surface area contributed by atoms with Crippen LogP contribution in [-0.2, 0) is 11.2 Å². The molecule has 3 unspecified atom stereocenters. The molecule has 1 N–H and O–H groups in total. The fourth-order valence-corrected chi connectivity index (χ4v) is 3.25. The molecule has 0 aromatic heterocycles. The third kappa shape index (κ3) is 2.29. The SMILES string of the molecule is CC1CN(C(=O)C2Cc3ccccc3N2)CC(C)N1C. The van der Waals surface area contributed by atoms with Crippen molar-refractivity contribution >= 4 is 11.6 Å². The molecule has 2 aliphatic heterocycles. The van der Waals surface area contributed by atoms with E-state index in [1.165, 1.54) is 5.56 Å². The van der Waals surface area contributed by atoms with Gasteiger partial charge in [-0.1, -0.05) is 18.2 Å². The highest BCUT2D eigenvalue weighted by Gasteiger charge is 2.35. The molecule has 1 aromatic rings. The average Bonchev–Trinajstić information content (AvgIpc) is 2.87. The summed E-state index contributed by atoms with van der Waals surface area (Å²) in [5.41, 5.74) is 2.36. The molecule has 0 spiro atoms. The minimum absolute atomic E-state index is 0.0878. The van der Waals surface area contributed by atoms with Gasteiger partial charge < -0.3 is 10.2 Å². The summed E-state index contributed by atoms with van der Waals surface area (Å²) in [6.07, 6.45) is 0.810. The van der Waals surface area contributed by atoms with E-state index in [1.807, 2.05) is 17.0 Å². The van der Waals surface area contributed by atoms with Gasteiger partial charge in [-0.15, -0.1) is 0 Å². The monoisotopic (exact) mass is 273 g/mol. The van der Waals surface area contributed by atoms with Crippen LogP contribution in [0.3, 0.4) is 0 Å². The summed E-state index contributed by atoms with van der Waals surface area (Å²) in [5, 5.41) is 3.37. The van der Waals surface area contributed by atoms with Crippen molar-refractivity contribution in [2.24, 2.45) is 0 Å². The number of piperazine rings is 1. The molecule has 1 fully saturated rings. The van der Waals surface area contributed by atoms with Crippen LogP contribution in [-0.4, -0.2) is 54.0 Å². The number of anilines is 1. The number of nitrogens with one attached hydrogen (secondary N) is 1. The fraction of sp³-hybridized carbons (Fsp3) is 0.562. The zero-order chi connectivity index (χ0) is 14.3. The number of carbonyl (C=O) groups excluding carboxylic acids is 1. The van der Waals surface area contributed by atoms with Crippen molar-refractivity contribution in [1.29, 1.82) is 0 Å². The highest BCUT2D eigenvalue weighted by molar-refractivity contribution is 5.87. The third-order valence-electron chi connectivity index (χ3n) is 4.74. The van der Waals surface area contributed by atoms with E-state index in [2.05, 4.69) is 43.2 Å². The number of hydrogen-bond donors (Lipinski definition) is 1. The van der Waals surface area contributed by atoms with E-state index in [4.69, 9.17) is 0 Å². The van der Waals surface area contributed by atoms with E-state index in [0.29, 0.717) is 12.1 Å². The lowest BCUT2D eigenvalue weighted by molar-refractivity contribution is -0.135. The smallest absolute Gasteiger partial charge is 0.245 e. The zero-order valence-corrected chi connectivity index (χ0v) is 12.5. The number of amides is 1. The minimum atomic E-state index is -0.0878. The first-order chi connectivity index (χ1) is 9.56. The molecule has 2 heterocycles. The van der Waals surface area contributed by atoms with E-state index in [-0.39, 0.29) is 11.9 Å². The largest absolute Gasteiger partial charge is 0.373 e. The quantitative estimate of drug-likeness (QED) is 0.844. The van der Waals surface area contributed by atoms with E-state index in [0.717, 1.165) is 25.2 Å². The van der Waals surface area contributed by atoms with E-state index in [9.17, 15) is 4.79 Å². The zero-order valence-electron chi connectivity index (χ0n) is 12.5. The molecule has 0 aliphatic carbocycles. The Kier molecular flexibility index (Phi) is 3.42. The molecule has 4 nitrogen and oxygen atoms in total. The molecule has 0 bridgehead atoms. The summed E-state index contributed by atoms with van der Waals surface area (Å²) in [6.45, 7) is 6.03.